The van der Waals surface area contributed by atoms with Gasteiger partial charge in [-0.3, -0.25) is 0 Å². The fourth-order valence-electron chi connectivity index (χ4n) is 4.69. The summed E-state index contributed by atoms with van der Waals surface area (Å²) in [5.41, 5.74) is 0.892. The van der Waals surface area contributed by atoms with E-state index in [1.165, 1.54) is 19.3 Å². The lowest BCUT2D eigenvalue weighted by atomic mass is 9.80. The zero-order chi connectivity index (χ0) is 17.7. The molecule has 0 bridgehead atoms. The second kappa shape index (κ2) is 5.79. The van der Waals surface area contributed by atoms with Gasteiger partial charge in [0.15, 0.2) is 5.82 Å². The molecule has 0 aromatic carbocycles. The number of carboxylic acid groups (broad SMARTS) is 1. The minimum absolute atomic E-state index is 0.0816. The first kappa shape index (κ1) is 15.8. The van der Waals surface area contributed by atoms with Crippen LogP contribution < -0.4 is 4.90 Å². The lowest BCUT2D eigenvalue weighted by Gasteiger charge is -2.25. The number of pyridine rings is 1. The van der Waals surface area contributed by atoms with Crippen molar-refractivity contribution in [2.75, 3.05) is 18.0 Å². The van der Waals surface area contributed by atoms with Crippen LogP contribution >= 0.6 is 0 Å². The summed E-state index contributed by atoms with van der Waals surface area (Å²) in [5, 5.41) is 13.4. The molecule has 0 unspecified atom stereocenters. The Kier molecular flexibility index (Phi) is 3.52. The Hall–Kier alpha value is -2.44. The number of anilines is 1. The maximum absolute atomic E-state index is 11.2. The van der Waals surface area contributed by atoms with E-state index >= 15 is 0 Å². The molecule has 0 radical (unpaired) electrons. The van der Waals surface area contributed by atoms with Gasteiger partial charge < -0.3 is 14.5 Å². The van der Waals surface area contributed by atoms with Crippen LogP contribution in [0.1, 0.15) is 54.3 Å². The van der Waals surface area contributed by atoms with Crippen molar-refractivity contribution in [2.45, 2.75) is 43.9 Å². The van der Waals surface area contributed by atoms with Crippen LogP contribution in [-0.4, -0.2) is 39.3 Å². The normalized spacial score (nSPS) is 27.7. The SMILES string of the molecule is O=C(O)c1cc(N2C[C@H]3CCC[C@@]3(c3nc(CC4CC4)no3)C2)ccn1. The predicted molar refractivity (Wildman–Crippen MR) is 93.2 cm³/mol. The molecule has 2 saturated carbocycles. The molecule has 136 valence electrons. The average Bonchev–Trinajstić information content (AvgIpc) is 3.03. The molecule has 7 heteroatoms. The topological polar surface area (TPSA) is 92.3 Å². The Bertz CT molecular complexity index is 847. The first-order valence-electron chi connectivity index (χ1n) is 9.41. The molecular formula is C19H22N4O3. The van der Waals surface area contributed by atoms with E-state index in [9.17, 15) is 9.90 Å². The van der Waals surface area contributed by atoms with Gasteiger partial charge in [-0.1, -0.05) is 11.6 Å². The zero-order valence-electron chi connectivity index (χ0n) is 14.6. The van der Waals surface area contributed by atoms with Crippen LogP contribution in [0.3, 0.4) is 0 Å². The first-order valence-corrected chi connectivity index (χ1v) is 9.41. The van der Waals surface area contributed by atoms with Crippen molar-refractivity contribution in [1.29, 1.82) is 0 Å². The van der Waals surface area contributed by atoms with Crippen LogP contribution in [0.5, 0.6) is 0 Å². The fraction of sp³-hybridized carbons (Fsp3) is 0.579. The van der Waals surface area contributed by atoms with E-state index in [0.717, 1.165) is 55.7 Å². The molecule has 3 aliphatic rings. The average molecular weight is 354 g/mol. The number of aromatic nitrogens is 3. The number of fused-ring (bicyclic) bond motifs is 1. The first-order chi connectivity index (χ1) is 12.6. The van der Waals surface area contributed by atoms with E-state index < -0.39 is 5.97 Å². The van der Waals surface area contributed by atoms with Gasteiger partial charge in [0.2, 0.25) is 5.89 Å². The summed E-state index contributed by atoms with van der Waals surface area (Å²) in [4.78, 5) is 22.2. The second-order valence-electron chi connectivity index (χ2n) is 7.99. The summed E-state index contributed by atoms with van der Waals surface area (Å²) in [5.74, 6) is 1.84. The highest BCUT2D eigenvalue weighted by Gasteiger charge is 2.54. The van der Waals surface area contributed by atoms with Gasteiger partial charge in [0.25, 0.3) is 0 Å². The number of hydrogen-bond donors (Lipinski definition) is 1. The van der Waals surface area contributed by atoms with Crippen molar-refractivity contribution in [3.8, 4) is 0 Å². The zero-order valence-corrected chi connectivity index (χ0v) is 14.6. The number of aromatic carboxylic acids is 1. The molecule has 1 N–H and O–H groups in total. The Morgan fingerprint density at radius 2 is 2.27 bits per heavy atom. The maximum atomic E-state index is 11.2. The summed E-state index contributed by atoms with van der Waals surface area (Å²) in [7, 11) is 0. The van der Waals surface area contributed by atoms with E-state index in [0.29, 0.717) is 5.92 Å². The quantitative estimate of drug-likeness (QED) is 0.882. The molecular weight excluding hydrogens is 332 g/mol. The molecule has 7 nitrogen and oxygen atoms in total. The van der Waals surface area contributed by atoms with Crippen molar-refractivity contribution in [2.24, 2.45) is 11.8 Å². The van der Waals surface area contributed by atoms with Gasteiger partial charge in [0.05, 0.1) is 5.41 Å². The number of rotatable bonds is 5. The molecule has 26 heavy (non-hydrogen) atoms. The van der Waals surface area contributed by atoms with Gasteiger partial charge in [0, 0.05) is 31.4 Å². The highest BCUT2D eigenvalue weighted by molar-refractivity contribution is 5.86. The molecule has 2 aromatic rings. The van der Waals surface area contributed by atoms with Crippen LogP contribution in [-0.2, 0) is 11.8 Å². The lowest BCUT2D eigenvalue weighted by molar-refractivity contribution is 0.0690. The smallest absolute Gasteiger partial charge is 0.354 e. The number of nitrogens with zero attached hydrogens (tertiary/aromatic N) is 4. The molecule has 5 rings (SSSR count). The van der Waals surface area contributed by atoms with Gasteiger partial charge in [-0.15, -0.1) is 0 Å². The van der Waals surface area contributed by atoms with E-state index in [-0.39, 0.29) is 11.1 Å². The van der Waals surface area contributed by atoms with Crippen LogP contribution in [0, 0.1) is 11.8 Å². The summed E-state index contributed by atoms with van der Waals surface area (Å²) in [6, 6.07) is 3.54. The van der Waals surface area contributed by atoms with Gasteiger partial charge in [-0.2, -0.15) is 4.98 Å². The monoisotopic (exact) mass is 354 g/mol. The fourth-order valence-corrected chi connectivity index (χ4v) is 4.69. The molecule has 3 fully saturated rings. The Morgan fingerprint density at radius 3 is 3.08 bits per heavy atom. The van der Waals surface area contributed by atoms with E-state index in [1.54, 1.807) is 12.3 Å². The number of carbonyl (C=O) groups is 1. The second-order valence-corrected chi connectivity index (χ2v) is 7.99. The number of carboxylic acids is 1. The highest BCUT2D eigenvalue weighted by Crippen LogP contribution is 2.51. The minimum atomic E-state index is -0.998. The van der Waals surface area contributed by atoms with Gasteiger partial charge in [0.1, 0.15) is 5.69 Å². The molecule has 1 aliphatic heterocycles. The van der Waals surface area contributed by atoms with E-state index in [4.69, 9.17) is 9.51 Å². The predicted octanol–water partition coefficient (Wildman–Crippen LogP) is 2.67. The van der Waals surface area contributed by atoms with Gasteiger partial charge >= 0.3 is 5.97 Å². The summed E-state index contributed by atoms with van der Waals surface area (Å²) in [6.45, 7) is 1.69. The third kappa shape index (κ3) is 2.57. The molecule has 0 spiro atoms. The van der Waals surface area contributed by atoms with Crippen molar-refractivity contribution >= 4 is 11.7 Å². The molecule has 2 aromatic heterocycles. The van der Waals surface area contributed by atoms with E-state index in [1.807, 2.05) is 6.07 Å². The van der Waals surface area contributed by atoms with Crippen LogP contribution in [0.4, 0.5) is 5.69 Å². The molecule has 3 heterocycles. The van der Waals surface area contributed by atoms with Crippen molar-refractivity contribution in [3.63, 3.8) is 0 Å². The third-order valence-electron chi connectivity index (χ3n) is 6.26. The summed E-state index contributed by atoms with van der Waals surface area (Å²) >= 11 is 0. The Labute approximate surface area is 151 Å². The molecule has 2 atom stereocenters. The molecule has 0 amide bonds. The molecule has 2 aliphatic carbocycles. The standard InChI is InChI=1S/C19H22N4O3/c24-17(25)15-9-14(5-7-20-15)23-10-13-2-1-6-19(13,11-23)18-21-16(22-26-18)8-12-3-4-12/h5,7,9,12-13H,1-4,6,8,10-11H2,(H,24,25)/t13-,19-/m1/s1. The van der Waals surface area contributed by atoms with Gasteiger partial charge in [-0.05, 0) is 49.7 Å². The maximum Gasteiger partial charge on any atom is 0.354 e. The van der Waals surface area contributed by atoms with Crippen LogP contribution in [0.2, 0.25) is 0 Å². The van der Waals surface area contributed by atoms with Crippen molar-refractivity contribution < 1.29 is 14.4 Å². The minimum Gasteiger partial charge on any atom is -0.477 e. The van der Waals surface area contributed by atoms with Gasteiger partial charge in [-0.25, -0.2) is 9.78 Å². The molecule has 1 saturated heterocycles. The van der Waals surface area contributed by atoms with Crippen molar-refractivity contribution in [3.05, 3.63) is 35.7 Å². The summed E-state index contributed by atoms with van der Waals surface area (Å²) < 4.78 is 5.73. The summed E-state index contributed by atoms with van der Waals surface area (Å²) in [6.07, 6.45) is 8.43. The largest absolute Gasteiger partial charge is 0.477 e. The van der Waals surface area contributed by atoms with E-state index in [2.05, 4.69) is 15.0 Å². The van der Waals surface area contributed by atoms with Crippen LogP contribution in [0.15, 0.2) is 22.9 Å². The number of hydrogen-bond acceptors (Lipinski definition) is 6. The van der Waals surface area contributed by atoms with Crippen molar-refractivity contribution in [1.82, 2.24) is 15.1 Å². The lowest BCUT2D eigenvalue weighted by Crippen LogP contribution is -2.32. The third-order valence-corrected chi connectivity index (χ3v) is 6.26. The Morgan fingerprint density at radius 1 is 1.38 bits per heavy atom. The highest BCUT2D eigenvalue weighted by atomic mass is 16.5. The Balaban J connectivity index is 1.42. The van der Waals surface area contributed by atoms with Crippen LogP contribution in [0.25, 0.3) is 0 Å².